The fraction of sp³-hybridized carbons (Fsp3) is 0.571. The third kappa shape index (κ3) is 5.14. The van der Waals surface area contributed by atoms with Gasteiger partial charge in [-0.05, 0) is 28.0 Å². The Bertz CT molecular complexity index is 361. The molecule has 1 N–H and O–H groups in total. The molecule has 0 spiro atoms. The van der Waals surface area contributed by atoms with E-state index in [-0.39, 0.29) is 49.4 Å². The predicted octanol–water partition coefficient (Wildman–Crippen LogP) is 4.41. The van der Waals surface area contributed by atoms with Crippen LogP contribution in [0, 0.1) is 0 Å². The van der Waals surface area contributed by atoms with Gasteiger partial charge < -0.3 is 5.11 Å². The van der Waals surface area contributed by atoms with Crippen molar-refractivity contribution in [3.05, 3.63) is 29.3 Å². The zero-order chi connectivity index (χ0) is 11.9. The minimum atomic E-state index is -0.00859. The van der Waals surface area contributed by atoms with Crippen molar-refractivity contribution in [1.82, 2.24) is 0 Å². The molecule has 3 heteroatoms. The molecule has 0 amide bonds. The first-order valence-electron chi connectivity index (χ1n) is 5.46. The Morgan fingerprint density at radius 3 is 1.71 bits per heavy atom. The first kappa shape index (κ1) is 19.5. The number of benzene rings is 1. The molecule has 17 heavy (non-hydrogen) atoms. The Morgan fingerprint density at radius 2 is 1.35 bits per heavy atom. The van der Waals surface area contributed by atoms with E-state index in [9.17, 15) is 5.11 Å². The number of halogens is 1. The van der Waals surface area contributed by atoms with Crippen LogP contribution in [0.4, 0.5) is 0 Å². The van der Waals surface area contributed by atoms with Crippen LogP contribution in [0.5, 0.6) is 5.75 Å². The molecule has 0 aliphatic carbocycles. The van der Waals surface area contributed by atoms with Gasteiger partial charge in [0.1, 0.15) is 5.75 Å². The van der Waals surface area contributed by atoms with Crippen LogP contribution >= 0.6 is 12.4 Å². The molecule has 0 aliphatic heterocycles. The maximum Gasteiger partial charge on any atom is 0.119 e. The third-order valence-electron chi connectivity index (χ3n) is 2.67. The topological polar surface area (TPSA) is 20.2 Å². The van der Waals surface area contributed by atoms with Crippen molar-refractivity contribution >= 4 is 12.4 Å². The number of rotatable bonds is 0. The molecule has 0 aromatic heterocycles. The van der Waals surface area contributed by atoms with E-state index in [0.29, 0.717) is 5.75 Å². The number of aromatic hydroxyl groups is 1. The average molecular weight is 334 g/mol. The van der Waals surface area contributed by atoms with Gasteiger partial charge in [0.25, 0.3) is 0 Å². The number of phenolic OH excluding ortho intramolecular Hbond substituents is 1. The van der Waals surface area contributed by atoms with Gasteiger partial charge in [-0.1, -0.05) is 53.7 Å². The van der Waals surface area contributed by atoms with Gasteiger partial charge in [0.05, 0.1) is 0 Å². The summed E-state index contributed by atoms with van der Waals surface area (Å²) in [6.07, 6.45) is 0. The molecule has 1 aromatic rings. The van der Waals surface area contributed by atoms with Crippen LogP contribution in [0.3, 0.4) is 0 Å². The summed E-state index contributed by atoms with van der Waals surface area (Å²) < 4.78 is 0. The van der Waals surface area contributed by atoms with Crippen LogP contribution in [0.15, 0.2) is 18.2 Å². The first-order chi connectivity index (χ1) is 6.62. The predicted molar refractivity (Wildman–Crippen MR) is 72.8 cm³/mol. The summed E-state index contributed by atoms with van der Waals surface area (Å²) in [6.45, 7) is 12.9. The Kier molecular flexibility index (Phi) is 7.34. The Morgan fingerprint density at radius 1 is 0.882 bits per heavy atom. The monoisotopic (exact) mass is 332 g/mol. The molecule has 0 atom stereocenters. The SMILES string of the molecule is CC(C)(C)c1ccc(O)c(C(C)(C)C)c1.Cl.[Zr]. The second-order valence-electron chi connectivity index (χ2n) is 6.23. The van der Waals surface area contributed by atoms with Crippen molar-refractivity contribution in [2.75, 3.05) is 0 Å². The van der Waals surface area contributed by atoms with Crippen molar-refractivity contribution in [2.45, 2.75) is 52.4 Å². The summed E-state index contributed by atoms with van der Waals surface area (Å²) >= 11 is 0. The summed E-state index contributed by atoms with van der Waals surface area (Å²) in [6, 6.07) is 5.93. The molecule has 0 heterocycles. The fourth-order valence-corrected chi connectivity index (χ4v) is 1.60. The smallest absolute Gasteiger partial charge is 0.119 e. The average Bonchev–Trinajstić information content (AvgIpc) is 2.00. The quantitative estimate of drug-likeness (QED) is 0.745. The summed E-state index contributed by atoms with van der Waals surface area (Å²) in [5.41, 5.74) is 2.42. The Balaban J connectivity index is 0. The summed E-state index contributed by atoms with van der Waals surface area (Å²) in [5, 5.41) is 9.84. The van der Waals surface area contributed by atoms with E-state index in [4.69, 9.17) is 0 Å². The fourth-order valence-electron chi connectivity index (χ4n) is 1.60. The molecule has 0 bridgehead atoms. The van der Waals surface area contributed by atoms with Gasteiger partial charge in [-0.3, -0.25) is 0 Å². The van der Waals surface area contributed by atoms with Gasteiger partial charge in [-0.25, -0.2) is 0 Å². The van der Waals surface area contributed by atoms with E-state index in [1.807, 2.05) is 6.07 Å². The van der Waals surface area contributed by atoms with E-state index in [1.54, 1.807) is 6.07 Å². The Labute approximate surface area is 131 Å². The largest absolute Gasteiger partial charge is 0.508 e. The second-order valence-corrected chi connectivity index (χ2v) is 6.23. The van der Waals surface area contributed by atoms with E-state index in [1.165, 1.54) is 5.56 Å². The van der Waals surface area contributed by atoms with Gasteiger partial charge in [-0.2, -0.15) is 0 Å². The van der Waals surface area contributed by atoms with E-state index >= 15 is 0 Å². The van der Waals surface area contributed by atoms with Gasteiger partial charge in [0, 0.05) is 26.2 Å². The molecule has 96 valence electrons. The van der Waals surface area contributed by atoms with Gasteiger partial charge in [0.2, 0.25) is 0 Å². The van der Waals surface area contributed by atoms with Crippen LogP contribution in [0.1, 0.15) is 52.7 Å². The van der Waals surface area contributed by atoms with Crippen LogP contribution in [-0.4, -0.2) is 5.11 Å². The molecule has 0 saturated carbocycles. The summed E-state index contributed by atoms with van der Waals surface area (Å²) in [5.74, 6) is 0.399. The van der Waals surface area contributed by atoms with Crippen LogP contribution in [-0.2, 0) is 37.0 Å². The maximum atomic E-state index is 9.84. The molecule has 0 aliphatic rings. The standard InChI is InChI=1S/C14H22O.ClH.Zr/c1-13(2,3)10-7-8-12(15)11(9-10)14(4,5)6;;/h7-9,15H,1-6H3;1H;. The molecule has 1 aromatic carbocycles. The normalized spacial score (nSPS) is 11.4. The van der Waals surface area contributed by atoms with Crippen molar-refractivity contribution in [3.63, 3.8) is 0 Å². The summed E-state index contributed by atoms with van der Waals surface area (Å²) in [4.78, 5) is 0. The van der Waals surface area contributed by atoms with Gasteiger partial charge in [-0.15, -0.1) is 12.4 Å². The van der Waals surface area contributed by atoms with Crippen molar-refractivity contribution < 1.29 is 31.3 Å². The van der Waals surface area contributed by atoms with Gasteiger partial charge in [0.15, 0.2) is 0 Å². The Hall–Kier alpha value is 0.193. The number of hydrogen-bond donors (Lipinski definition) is 1. The maximum absolute atomic E-state index is 9.84. The van der Waals surface area contributed by atoms with E-state index < -0.39 is 0 Å². The van der Waals surface area contributed by atoms with Crippen LogP contribution in [0.25, 0.3) is 0 Å². The zero-order valence-electron chi connectivity index (χ0n) is 11.6. The number of phenols is 1. The van der Waals surface area contributed by atoms with E-state index in [2.05, 4.69) is 47.6 Å². The molecule has 0 radical (unpaired) electrons. The molecule has 0 fully saturated rings. The molecular formula is C14H23ClOZr. The molecule has 1 nitrogen and oxygen atoms in total. The van der Waals surface area contributed by atoms with Crippen molar-refractivity contribution in [2.24, 2.45) is 0 Å². The minimum Gasteiger partial charge on any atom is -0.508 e. The molecular weight excluding hydrogens is 311 g/mol. The first-order valence-corrected chi connectivity index (χ1v) is 5.46. The molecule has 0 saturated heterocycles. The molecule has 1 rings (SSSR count). The van der Waals surface area contributed by atoms with Crippen LogP contribution in [0.2, 0.25) is 0 Å². The van der Waals surface area contributed by atoms with Gasteiger partial charge >= 0.3 is 0 Å². The zero-order valence-corrected chi connectivity index (χ0v) is 14.9. The molecule has 0 unspecified atom stereocenters. The van der Waals surface area contributed by atoms with Crippen molar-refractivity contribution in [1.29, 1.82) is 0 Å². The van der Waals surface area contributed by atoms with E-state index in [0.717, 1.165) is 5.56 Å². The third-order valence-corrected chi connectivity index (χ3v) is 2.67. The number of hydrogen-bond acceptors (Lipinski definition) is 1. The summed E-state index contributed by atoms with van der Waals surface area (Å²) in [7, 11) is 0. The van der Waals surface area contributed by atoms with Crippen LogP contribution < -0.4 is 0 Å². The van der Waals surface area contributed by atoms with Crippen molar-refractivity contribution in [3.8, 4) is 5.75 Å². The minimum absolute atomic E-state index is 0. The second kappa shape index (κ2) is 6.39.